The third kappa shape index (κ3) is 5.18. The van der Waals surface area contributed by atoms with E-state index in [0.29, 0.717) is 6.04 Å². The lowest BCUT2D eigenvalue weighted by molar-refractivity contribution is 0.162. The summed E-state index contributed by atoms with van der Waals surface area (Å²) in [5, 5.41) is 4.29. The fourth-order valence-corrected chi connectivity index (χ4v) is 3.58. The summed E-state index contributed by atoms with van der Waals surface area (Å²) in [6, 6.07) is 12.5. The van der Waals surface area contributed by atoms with Crippen molar-refractivity contribution in [2.75, 3.05) is 20.2 Å². The molecule has 25 heavy (non-hydrogen) atoms. The minimum atomic E-state index is 0.527. The number of hydrogen-bond acceptors (Lipinski definition) is 4. The summed E-state index contributed by atoms with van der Waals surface area (Å²) in [6.07, 6.45) is 5.41. The predicted molar refractivity (Wildman–Crippen MR) is 102 cm³/mol. The molecule has 3 rings (SSSR count). The number of hydrogen-bond donors (Lipinski definition) is 1. The Morgan fingerprint density at radius 3 is 2.92 bits per heavy atom. The molecule has 4 nitrogen and oxygen atoms in total. The van der Waals surface area contributed by atoms with Crippen molar-refractivity contribution in [2.45, 2.75) is 38.4 Å². The summed E-state index contributed by atoms with van der Waals surface area (Å²) < 4.78 is 5.38. The zero-order chi connectivity index (χ0) is 17.5. The number of benzene rings is 1. The normalized spacial score (nSPS) is 18.1. The van der Waals surface area contributed by atoms with E-state index in [0.717, 1.165) is 54.6 Å². The monoisotopic (exact) mass is 359 g/mol. The average molecular weight is 360 g/mol. The Hall–Kier alpha value is -1.62. The van der Waals surface area contributed by atoms with Gasteiger partial charge in [0.1, 0.15) is 5.75 Å². The van der Waals surface area contributed by atoms with Crippen LogP contribution in [0.1, 0.15) is 30.5 Å². The number of aromatic nitrogens is 1. The molecule has 0 radical (unpaired) electrons. The van der Waals surface area contributed by atoms with E-state index in [9.17, 15) is 0 Å². The van der Waals surface area contributed by atoms with Crippen LogP contribution < -0.4 is 10.1 Å². The fraction of sp³-hybridized carbons (Fsp3) is 0.450. The van der Waals surface area contributed by atoms with Crippen LogP contribution in [0.5, 0.6) is 5.75 Å². The maximum atomic E-state index is 6.46. The number of nitrogens with zero attached hydrogens (tertiary/aromatic N) is 2. The highest BCUT2D eigenvalue weighted by molar-refractivity contribution is 6.31. The molecule has 2 heterocycles. The van der Waals surface area contributed by atoms with E-state index in [1.807, 2.05) is 36.5 Å². The van der Waals surface area contributed by atoms with Gasteiger partial charge in [0.15, 0.2) is 0 Å². The molecule has 0 spiro atoms. The molecule has 0 amide bonds. The number of methoxy groups -OCH3 is 1. The van der Waals surface area contributed by atoms with E-state index in [1.165, 1.54) is 12.8 Å². The van der Waals surface area contributed by atoms with Crippen molar-refractivity contribution in [3.63, 3.8) is 0 Å². The fourth-order valence-electron chi connectivity index (χ4n) is 3.40. The van der Waals surface area contributed by atoms with Crippen molar-refractivity contribution in [2.24, 2.45) is 0 Å². The lowest BCUT2D eigenvalue weighted by Gasteiger charge is -2.31. The molecule has 0 saturated carbocycles. The Kier molecular flexibility index (Phi) is 6.68. The van der Waals surface area contributed by atoms with Crippen molar-refractivity contribution in [1.29, 1.82) is 0 Å². The van der Waals surface area contributed by atoms with E-state index in [2.05, 4.69) is 21.3 Å². The van der Waals surface area contributed by atoms with Crippen LogP contribution in [0.25, 0.3) is 0 Å². The number of nitrogens with one attached hydrogen (secondary N) is 1. The second kappa shape index (κ2) is 9.18. The summed E-state index contributed by atoms with van der Waals surface area (Å²) in [7, 11) is 1.69. The Balaban J connectivity index is 1.82. The molecule has 1 N–H and O–H groups in total. The maximum absolute atomic E-state index is 6.46. The lowest BCUT2D eigenvalue weighted by Crippen LogP contribution is -2.35. The summed E-state index contributed by atoms with van der Waals surface area (Å²) >= 11 is 6.46. The zero-order valence-electron chi connectivity index (χ0n) is 14.7. The first-order valence-electron chi connectivity index (χ1n) is 8.93. The van der Waals surface area contributed by atoms with Gasteiger partial charge in [-0.1, -0.05) is 17.7 Å². The Bertz CT molecular complexity index is 657. The summed E-state index contributed by atoms with van der Waals surface area (Å²) in [5.74, 6) is 0.847. The number of halogens is 1. The first-order chi connectivity index (χ1) is 12.3. The van der Waals surface area contributed by atoms with Gasteiger partial charge in [0, 0.05) is 30.4 Å². The van der Waals surface area contributed by atoms with Gasteiger partial charge in [-0.2, -0.15) is 0 Å². The molecule has 1 atom stereocenters. The van der Waals surface area contributed by atoms with Crippen LogP contribution in [0.2, 0.25) is 5.02 Å². The number of rotatable bonds is 6. The van der Waals surface area contributed by atoms with Crippen molar-refractivity contribution in [3.05, 3.63) is 58.9 Å². The number of ether oxygens (including phenoxy) is 1. The topological polar surface area (TPSA) is 37.4 Å². The van der Waals surface area contributed by atoms with Gasteiger partial charge < -0.3 is 10.1 Å². The third-order valence-corrected chi connectivity index (χ3v) is 5.15. The Morgan fingerprint density at radius 2 is 2.12 bits per heavy atom. The smallest absolute Gasteiger partial charge is 0.119 e. The van der Waals surface area contributed by atoms with Gasteiger partial charge >= 0.3 is 0 Å². The third-order valence-electron chi connectivity index (χ3n) is 4.78. The van der Waals surface area contributed by atoms with Gasteiger partial charge in [-0.15, -0.1) is 0 Å². The zero-order valence-corrected chi connectivity index (χ0v) is 15.5. The van der Waals surface area contributed by atoms with Gasteiger partial charge in [-0.3, -0.25) is 9.88 Å². The summed E-state index contributed by atoms with van der Waals surface area (Å²) in [4.78, 5) is 7.03. The van der Waals surface area contributed by atoms with Crippen LogP contribution in [-0.4, -0.2) is 36.1 Å². The van der Waals surface area contributed by atoms with Crippen molar-refractivity contribution >= 4 is 11.6 Å². The van der Waals surface area contributed by atoms with E-state index in [1.54, 1.807) is 7.11 Å². The highest BCUT2D eigenvalue weighted by Gasteiger charge is 2.22. The molecule has 1 aliphatic heterocycles. The van der Waals surface area contributed by atoms with Crippen LogP contribution >= 0.6 is 11.6 Å². The minimum Gasteiger partial charge on any atom is -0.497 e. The van der Waals surface area contributed by atoms with E-state index >= 15 is 0 Å². The molecule has 134 valence electrons. The van der Waals surface area contributed by atoms with Crippen LogP contribution in [0.15, 0.2) is 42.6 Å². The molecule has 1 aromatic heterocycles. The van der Waals surface area contributed by atoms with E-state index in [-0.39, 0.29) is 0 Å². The van der Waals surface area contributed by atoms with E-state index in [4.69, 9.17) is 16.3 Å². The molecular weight excluding hydrogens is 334 g/mol. The molecule has 0 aliphatic carbocycles. The van der Waals surface area contributed by atoms with Gasteiger partial charge in [0.2, 0.25) is 0 Å². The molecule has 2 aromatic rings. The quantitative estimate of drug-likeness (QED) is 0.849. The number of pyridine rings is 1. The first kappa shape index (κ1) is 18.2. The molecule has 1 fully saturated rings. The van der Waals surface area contributed by atoms with Crippen LogP contribution in [0, 0.1) is 0 Å². The summed E-state index contributed by atoms with van der Waals surface area (Å²) in [5.41, 5.74) is 2.20. The maximum Gasteiger partial charge on any atom is 0.119 e. The highest BCUT2D eigenvalue weighted by atomic mass is 35.5. The van der Waals surface area contributed by atoms with Gasteiger partial charge in [-0.05, 0) is 68.2 Å². The highest BCUT2D eigenvalue weighted by Crippen LogP contribution is 2.26. The van der Waals surface area contributed by atoms with E-state index < -0.39 is 0 Å². The van der Waals surface area contributed by atoms with Crippen LogP contribution in [0.3, 0.4) is 0 Å². The lowest BCUT2D eigenvalue weighted by atomic mass is 10.1. The van der Waals surface area contributed by atoms with Gasteiger partial charge in [0.05, 0.1) is 12.8 Å². The van der Waals surface area contributed by atoms with Crippen LogP contribution in [-0.2, 0) is 13.1 Å². The second-order valence-corrected chi connectivity index (χ2v) is 6.93. The average Bonchev–Trinajstić information content (AvgIpc) is 2.93. The SMILES string of the molecule is COc1ccc(Cl)c(CN(Cc2ccccn2)C2CCCNCC2)c1. The van der Waals surface area contributed by atoms with Crippen molar-refractivity contribution < 1.29 is 4.74 Å². The largest absolute Gasteiger partial charge is 0.497 e. The Morgan fingerprint density at radius 1 is 1.20 bits per heavy atom. The molecule has 5 heteroatoms. The molecule has 1 unspecified atom stereocenters. The summed E-state index contributed by atoms with van der Waals surface area (Å²) in [6.45, 7) is 3.80. The molecule has 1 aliphatic rings. The van der Waals surface area contributed by atoms with Crippen LogP contribution in [0.4, 0.5) is 0 Å². The predicted octanol–water partition coefficient (Wildman–Crippen LogP) is 3.89. The minimum absolute atomic E-state index is 0.527. The molecule has 1 aromatic carbocycles. The van der Waals surface area contributed by atoms with Gasteiger partial charge in [0.25, 0.3) is 0 Å². The molecule has 1 saturated heterocycles. The van der Waals surface area contributed by atoms with Crippen molar-refractivity contribution in [3.8, 4) is 5.75 Å². The molecule has 0 bridgehead atoms. The Labute approximate surface area is 155 Å². The second-order valence-electron chi connectivity index (χ2n) is 6.52. The van der Waals surface area contributed by atoms with Crippen molar-refractivity contribution in [1.82, 2.24) is 15.2 Å². The molecular formula is C20H26ClN3O. The standard InChI is InChI=1S/C20H26ClN3O/c1-25-19-7-8-20(21)16(13-19)14-24(15-17-5-2-3-11-23-17)18-6-4-10-22-12-9-18/h2-3,5,7-8,11,13,18,22H,4,6,9-10,12,14-15H2,1H3. The van der Waals surface area contributed by atoms with Gasteiger partial charge in [-0.25, -0.2) is 0 Å². The first-order valence-corrected chi connectivity index (χ1v) is 9.31.